The first kappa shape index (κ1) is 19.0. The minimum atomic E-state index is -5.04. The first-order chi connectivity index (χ1) is 11.4. The third-order valence-electron chi connectivity index (χ3n) is 3.29. The summed E-state index contributed by atoms with van der Waals surface area (Å²) in [6.07, 6.45) is -10.2. The van der Waals surface area contributed by atoms with E-state index in [-0.39, 0.29) is 11.3 Å². The SMILES string of the molecule is O=CC(=O)c1ccc(-c2ccc(Cl)cc2C(F)(F)F)c(C(F)(F)F)c1. The van der Waals surface area contributed by atoms with Gasteiger partial charge in [0.15, 0.2) is 6.29 Å². The van der Waals surface area contributed by atoms with Crippen molar-refractivity contribution in [2.24, 2.45) is 0 Å². The fraction of sp³-hybridized carbons (Fsp3) is 0.125. The summed E-state index contributed by atoms with van der Waals surface area (Å²) < 4.78 is 79.3. The Hall–Kier alpha value is -2.35. The molecule has 25 heavy (non-hydrogen) atoms. The highest BCUT2D eigenvalue weighted by molar-refractivity contribution is 6.33. The van der Waals surface area contributed by atoms with Crippen molar-refractivity contribution in [2.45, 2.75) is 12.4 Å². The summed E-state index contributed by atoms with van der Waals surface area (Å²) >= 11 is 5.52. The van der Waals surface area contributed by atoms with Gasteiger partial charge in [-0.15, -0.1) is 0 Å². The Labute approximate surface area is 142 Å². The average molecular weight is 381 g/mol. The highest BCUT2D eigenvalue weighted by Gasteiger charge is 2.38. The summed E-state index contributed by atoms with van der Waals surface area (Å²) in [5, 5.41) is -0.294. The van der Waals surface area contributed by atoms with Crippen molar-refractivity contribution in [3.05, 3.63) is 58.1 Å². The number of hydrogen-bond acceptors (Lipinski definition) is 2. The largest absolute Gasteiger partial charge is 0.417 e. The zero-order valence-corrected chi connectivity index (χ0v) is 12.8. The topological polar surface area (TPSA) is 34.1 Å². The van der Waals surface area contributed by atoms with Crippen molar-refractivity contribution >= 4 is 23.7 Å². The molecular weight excluding hydrogens is 374 g/mol. The fourth-order valence-corrected chi connectivity index (χ4v) is 2.39. The molecule has 2 rings (SSSR count). The molecule has 0 atom stereocenters. The van der Waals surface area contributed by atoms with Crippen LogP contribution in [0.15, 0.2) is 36.4 Å². The maximum atomic E-state index is 13.3. The number of aldehydes is 1. The molecule has 0 heterocycles. The number of carbonyl (C=O) groups excluding carboxylic acids is 2. The number of alkyl halides is 6. The monoisotopic (exact) mass is 380 g/mol. The summed E-state index contributed by atoms with van der Waals surface area (Å²) in [6, 6.07) is 4.28. The van der Waals surface area contributed by atoms with Gasteiger partial charge >= 0.3 is 12.4 Å². The zero-order chi connectivity index (χ0) is 19.0. The van der Waals surface area contributed by atoms with Gasteiger partial charge in [-0.3, -0.25) is 9.59 Å². The quantitative estimate of drug-likeness (QED) is 0.308. The maximum absolute atomic E-state index is 13.3. The number of ketones is 1. The van der Waals surface area contributed by atoms with Crippen LogP contribution in [-0.2, 0) is 17.1 Å². The van der Waals surface area contributed by atoms with Gasteiger partial charge in [0.2, 0.25) is 5.78 Å². The summed E-state index contributed by atoms with van der Waals surface area (Å²) in [6.45, 7) is 0. The molecule has 0 aliphatic rings. The Kier molecular flexibility index (Phi) is 4.94. The molecule has 0 saturated carbocycles. The first-order valence-corrected chi connectivity index (χ1v) is 6.91. The Balaban J connectivity index is 2.80. The third-order valence-corrected chi connectivity index (χ3v) is 3.53. The second-order valence-corrected chi connectivity index (χ2v) is 5.36. The van der Waals surface area contributed by atoms with Gasteiger partial charge in [0, 0.05) is 10.6 Å². The van der Waals surface area contributed by atoms with Crippen molar-refractivity contribution in [1.29, 1.82) is 0 Å². The predicted molar refractivity (Wildman–Crippen MR) is 77.3 cm³/mol. The summed E-state index contributed by atoms with van der Waals surface area (Å²) in [5.41, 5.74) is -4.91. The lowest BCUT2D eigenvalue weighted by Gasteiger charge is -2.18. The van der Waals surface area contributed by atoms with E-state index in [0.29, 0.717) is 12.1 Å². The Morgan fingerprint density at radius 2 is 1.32 bits per heavy atom. The summed E-state index contributed by atoms with van der Waals surface area (Å²) in [4.78, 5) is 21.7. The van der Waals surface area contributed by atoms with E-state index < -0.39 is 46.0 Å². The lowest BCUT2D eigenvalue weighted by molar-refractivity contribution is -0.139. The average Bonchev–Trinajstić information content (AvgIpc) is 2.52. The second-order valence-electron chi connectivity index (χ2n) is 4.93. The zero-order valence-electron chi connectivity index (χ0n) is 12.0. The van der Waals surface area contributed by atoms with Crippen molar-refractivity contribution in [3.8, 4) is 11.1 Å². The van der Waals surface area contributed by atoms with Crippen LogP contribution in [0.1, 0.15) is 21.5 Å². The molecule has 2 aromatic carbocycles. The number of rotatable bonds is 3. The van der Waals surface area contributed by atoms with Crippen molar-refractivity contribution in [2.75, 3.05) is 0 Å². The van der Waals surface area contributed by atoms with Crippen molar-refractivity contribution in [1.82, 2.24) is 0 Å². The third kappa shape index (κ3) is 4.01. The van der Waals surface area contributed by atoms with E-state index in [1.54, 1.807) is 0 Å². The Morgan fingerprint density at radius 3 is 1.80 bits per heavy atom. The minimum Gasteiger partial charge on any atom is -0.294 e. The van der Waals surface area contributed by atoms with Gasteiger partial charge in [0.25, 0.3) is 0 Å². The van der Waals surface area contributed by atoms with Gasteiger partial charge in [-0.1, -0.05) is 29.8 Å². The van der Waals surface area contributed by atoms with E-state index in [1.165, 1.54) is 0 Å². The molecule has 9 heteroatoms. The van der Waals surface area contributed by atoms with Crippen LogP contribution in [0.5, 0.6) is 0 Å². The van der Waals surface area contributed by atoms with Gasteiger partial charge in [0.05, 0.1) is 11.1 Å². The second kappa shape index (κ2) is 6.51. The Bertz CT molecular complexity index is 839. The van der Waals surface area contributed by atoms with Crippen LogP contribution < -0.4 is 0 Å². The standard InChI is InChI=1S/C16H7ClF6O2/c17-9-2-4-11(13(6-9)16(21,22)23)10-3-1-8(14(25)7-24)5-12(10)15(18,19)20/h1-7H. The molecule has 0 aromatic heterocycles. The molecule has 132 valence electrons. The molecular formula is C16H7ClF6O2. The number of carbonyl (C=O) groups is 2. The number of hydrogen-bond donors (Lipinski definition) is 0. The van der Waals surface area contributed by atoms with Crippen LogP contribution in [0, 0.1) is 0 Å². The van der Waals surface area contributed by atoms with E-state index in [2.05, 4.69) is 0 Å². The molecule has 0 spiro atoms. The molecule has 0 unspecified atom stereocenters. The molecule has 0 bridgehead atoms. The van der Waals surface area contributed by atoms with Crippen molar-refractivity contribution in [3.63, 3.8) is 0 Å². The molecule has 0 amide bonds. The molecule has 0 saturated heterocycles. The van der Waals surface area contributed by atoms with Gasteiger partial charge < -0.3 is 0 Å². The summed E-state index contributed by atoms with van der Waals surface area (Å²) in [5.74, 6) is -1.22. The number of benzene rings is 2. The normalized spacial score (nSPS) is 12.1. The maximum Gasteiger partial charge on any atom is 0.417 e. The van der Waals surface area contributed by atoms with Crippen molar-refractivity contribution < 1.29 is 35.9 Å². The predicted octanol–water partition coefficient (Wildman–Crippen LogP) is 5.43. The molecule has 2 nitrogen and oxygen atoms in total. The molecule has 2 aromatic rings. The molecule has 0 radical (unpaired) electrons. The van der Waals surface area contributed by atoms with Crippen LogP contribution in [-0.4, -0.2) is 12.1 Å². The molecule has 0 aliphatic heterocycles. The molecule has 0 N–H and O–H groups in total. The van der Waals surface area contributed by atoms with E-state index in [4.69, 9.17) is 11.6 Å². The lowest BCUT2D eigenvalue weighted by Crippen LogP contribution is -2.13. The highest BCUT2D eigenvalue weighted by atomic mass is 35.5. The van der Waals surface area contributed by atoms with E-state index >= 15 is 0 Å². The van der Waals surface area contributed by atoms with Gasteiger partial charge in [-0.25, -0.2) is 0 Å². The van der Waals surface area contributed by atoms with E-state index in [9.17, 15) is 35.9 Å². The fourth-order valence-electron chi connectivity index (χ4n) is 2.22. The summed E-state index contributed by atoms with van der Waals surface area (Å²) in [7, 11) is 0. The Morgan fingerprint density at radius 1 is 0.840 bits per heavy atom. The van der Waals surface area contributed by atoms with E-state index in [0.717, 1.165) is 24.3 Å². The van der Waals surface area contributed by atoms with Gasteiger partial charge in [-0.05, 0) is 29.3 Å². The number of halogens is 7. The lowest BCUT2D eigenvalue weighted by atomic mass is 9.92. The van der Waals surface area contributed by atoms with Crippen LogP contribution in [0.2, 0.25) is 5.02 Å². The number of Topliss-reactive ketones (excluding diaryl/α,β-unsaturated/α-hetero) is 1. The first-order valence-electron chi connectivity index (χ1n) is 6.53. The molecule has 0 aliphatic carbocycles. The van der Waals surface area contributed by atoms with Crippen LogP contribution in [0.3, 0.4) is 0 Å². The smallest absolute Gasteiger partial charge is 0.294 e. The van der Waals surface area contributed by atoms with Crippen LogP contribution >= 0.6 is 11.6 Å². The van der Waals surface area contributed by atoms with Gasteiger partial charge in [-0.2, -0.15) is 26.3 Å². The molecule has 0 fully saturated rings. The van der Waals surface area contributed by atoms with Crippen LogP contribution in [0.4, 0.5) is 26.3 Å². The minimum absolute atomic E-state index is 0.182. The van der Waals surface area contributed by atoms with E-state index in [1.807, 2.05) is 0 Å². The van der Waals surface area contributed by atoms with Gasteiger partial charge in [0.1, 0.15) is 0 Å². The van der Waals surface area contributed by atoms with Crippen LogP contribution in [0.25, 0.3) is 11.1 Å². The highest BCUT2D eigenvalue weighted by Crippen LogP contribution is 2.43.